The summed E-state index contributed by atoms with van der Waals surface area (Å²) in [5.41, 5.74) is 7.35. The Hall–Kier alpha value is -2.38. The monoisotopic (exact) mass is 250 g/mol. The molecule has 1 unspecified atom stereocenters. The third-order valence-electron chi connectivity index (χ3n) is 2.82. The number of rotatable bonds is 3. The van der Waals surface area contributed by atoms with E-state index in [4.69, 9.17) is 5.73 Å². The number of nitrogens with one attached hydrogen (secondary N) is 1. The first-order valence-electron chi connectivity index (χ1n) is 5.38. The third kappa shape index (κ3) is 2.04. The summed E-state index contributed by atoms with van der Waals surface area (Å²) in [5.74, 6) is -0.452. The van der Waals surface area contributed by atoms with Gasteiger partial charge in [0.25, 0.3) is 5.91 Å². The van der Waals surface area contributed by atoms with Gasteiger partial charge in [-0.2, -0.15) is 5.10 Å². The van der Waals surface area contributed by atoms with E-state index in [9.17, 15) is 4.79 Å². The number of nitrogen functional groups attached to an aromatic ring is 1. The van der Waals surface area contributed by atoms with Gasteiger partial charge in [0.1, 0.15) is 0 Å². The van der Waals surface area contributed by atoms with E-state index >= 15 is 0 Å². The van der Waals surface area contributed by atoms with E-state index in [1.54, 1.807) is 10.9 Å². The van der Waals surface area contributed by atoms with Crippen molar-refractivity contribution in [1.29, 1.82) is 0 Å². The van der Waals surface area contributed by atoms with Crippen molar-refractivity contribution in [3.05, 3.63) is 23.1 Å². The highest BCUT2D eigenvalue weighted by Gasteiger charge is 2.20. The van der Waals surface area contributed by atoms with Crippen molar-refractivity contribution in [3.8, 4) is 0 Å². The zero-order valence-electron chi connectivity index (χ0n) is 10.3. The predicted molar refractivity (Wildman–Crippen MR) is 62.5 cm³/mol. The molecule has 0 aliphatic rings. The fourth-order valence-corrected chi connectivity index (χ4v) is 1.64. The van der Waals surface area contributed by atoms with Crippen LogP contribution in [0.5, 0.6) is 0 Å². The van der Waals surface area contributed by atoms with E-state index in [1.807, 2.05) is 20.9 Å². The van der Waals surface area contributed by atoms with E-state index in [1.165, 1.54) is 0 Å². The van der Waals surface area contributed by atoms with Crippen molar-refractivity contribution in [2.45, 2.75) is 19.9 Å². The quantitative estimate of drug-likeness (QED) is 0.803. The molecule has 2 aromatic rings. The summed E-state index contributed by atoms with van der Waals surface area (Å²) in [6.45, 7) is 3.78. The number of anilines is 1. The van der Waals surface area contributed by atoms with Crippen LogP contribution in [0.4, 0.5) is 5.82 Å². The number of carbonyl (C=O) groups is 1. The Morgan fingerprint density at radius 3 is 2.78 bits per heavy atom. The summed E-state index contributed by atoms with van der Waals surface area (Å²) in [6, 6.07) is -0.206. The number of carbonyl (C=O) groups excluding carboxylic acids is 1. The van der Waals surface area contributed by atoms with Crippen LogP contribution in [0.1, 0.15) is 34.7 Å². The van der Waals surface area contributed by atoms with Crippen LogP contribution in [0, 0.1) is 6.92 Å². The van der Waals surface area contributed by atoms with Crippen molar-refractivity contribution in [3.63, 3.8) is 0 Å². The van der Waals surface area contributed by atoms with Crippen molar-refractivity contribution >= 4 is 11.7 Å². The van der Waals surface area contributed by atoms with Crippen molar-refractivity contribution in [2.75, 3.05) is 5.73 Å². The molecule has 1 amide bonds. The van der Waals surface area contributed by atoms with Crippen LogP contribution in [0.2, 0.25) is 0 Å². The second-order valence-corrected chi connectivity index (χ2v) is 4.00. The molecule has 96 valence electrons. The predicted octanol–water partition coefficient (Wildman–Crippen LogP) is 0.185. The van der Waals surface area contributed by atoms with Crippen LogP contribution in [0.25, 0.3) is 0 Å². The number of amides is 1. The van der Waals surface area contributed by atoms with E-state index < -0.39 is 5.91 Å². The standard InChI is InChI=1S/C10H14N6O2/c1-5(7-4-12-16(3)6(7)2)13-10(17)8-9(11)15-18-14-8/h4-5H,1-3H3,(H2,11,15)(H,13,17). The normalized spacial score (nSPS) is 12.4. The summed E-state index contributed by atoms with van der Waals surface area (Å²) < 4.78 is 6.12. The molecule has 0 aliphatic heterocycles. The number of aromatic nitrogens is 4. The molecular weight excluding hydrogens is 236 g/mol. The summed E-state index contributed by atoms with van der Waals surface area (Å²) >= 11 is 0. The lowest BCUT2D eigenvalue weighted by molar-refractivity contribution is 0.0930. The van der Waals surface area contributed by atoms with Gasteiger partial charge in [0, 0.05) is 18.3 Å². The first kappa shape index (κ1) is 12.1. The lowest BCUT2D eigenvalue weighted by Gasteiger charge is -2.12. The fourth-order valence-electron chi connectivity index (χ4n) is 1.64. The van der Waals surface area contributed by atoms with E-state index in [-0.39, 0.29) is 17.6 Å². The van der Waals surface area contributed by atoms with Gasteiger partial charge in [-0.05, 0) is 24.2 Å². The van der Waals surface area contributed by atoms with Crippen molar-refractivity contribution in [1.82, 2.24) is 25.4 Å². The van der Waals surface area contributed by atoms with E-state index in [2.05, 4.69) is 25.4 Å². The molecule has 0 aromatic carbocycles. The molecule has 1 atom stereocenters. The zero-order valence-corrected chi connectivity index (χ0v) is 10.3. The van der Waals surface area contributed by atoms with Gasteiger partial charge in [-0.1, -0.05) is 0 Å². The smallest absolute Gasteiger partial charge is 0.277 e. The van der Waals surface area contributed by atoms with Crippen LogP contribution < -0.4 is 11.1 Å². The number of hydrogen-bond acceptors (Lipinski definition) is 6. The Labute approximate surface area is 103 Å². The SMILES string of the molecule is Cc1c(C(C)NC(=O)c2nonc2N)cnn1C. The Bertz CT molecular complexity index is 573. The molecule has 0 spiro atoms. The Morgan fingerprint density at radius 2 is 2.28 bits per heavy atom. The molecule has 0 saturated heterocycles. The second-order valence-electron chi connectivity index (χ2n) is 4.00. The molecule has 8 heteroatoms. The molecule has 8 nitrogen and oxygen atoms in total. The maximum absolute atomic E-state index is 11.8. The van der Waals surface area contributed by atoms with Gasteiger partial charge in [-0.15, -0.1) is 0 Å². The molecule has 2 heterocycles. The highest BCUT2D eigenvalue weighted by Crippen LogP contribution is 2.17. The highest BCUT2D eigenvalue weighted by molar-refractivity contribution is 5.96. The summed E-state index contributed by atoms with van der Waals surface area (Å²) in [7, 11) is 1.84. The van der Waals surface area contributed by atoms with Gasteiger partial charge in [-0.3, -0.25) is 9.48 Å². The fraction of sp³-hybridized carbons (Fsp3) is 0.400. The average Bonchev–Trinajstić information content (AvgIpc) is 2.87. The average molecular weight is 250 g/mol. The van der Waals surface area contributed by atoms with Crippen molar-refractivity contribution < 1.29 is 9.42 Å². The molecular formula is C10H14N6O2. The molecule has 3 N–H and O–H groups in total. The Morgan fingerprint density at radius 1 is 1.56 bits per heavy atom. The molecule has 18 heavy (non-hydrogen) atoms. The lowest BCUT2D eigenvalue weighted by atomic mass is 10.1. The van der Waals surface area contributed by atoms with Crippen LogP contribution in [0.3, 0.4) is 0 Å². The van der Waals surface area contributed by atoms with Crippen molar-refractivity contribution in [2.24, 2.45) is 7.05 Å². The first-order chi connectivity index (χ1) is 8.50. The van der Waals surface area contributed by atoms with Crippen LogP contribution in [0.15, 0.2) is 10.8 Å². The molecule has 0 radical (unpaired) electrons. The zero-order chi connectivity index (χ0) is 13.3. The van der Waals surface area contributed by atoms with Crippen LogP contribution >= 0.6 is 0 Å². The molecule has 0 fully saturated rings. The minimum atomic E-state index is -0.426. The van der Waals surface area contributed by atoms with E-state index in [0.29, 0.717) is 0 Å². The Balaban J connectivity index is 2.13. The Kier molecular flexibility index (Phi) is 3.00. The second kappa shape index (κ2) is 4.47. The molecule has 2 aromatic heterocycles. The summed E-state index contributed by atoms with van der Waals surface area (Å²) in [5, 5.41) is 13.7. The van der Waals surface area contributed by atoms with E-state index in [0.717, 1.165) is 11.3 Å². The van der Waals surface area contributed by atoms with Gasteiger partial charge in [-0.25, -0.2) is 4.63 Å². The summed E-state index contributed by atoms with van der Waals surface area (Å²) in [4.78, 5) is 11.8. The lowest BCUT2D eigenvalue weighted by Crippen LogP contribution is -2.27. The minimum Gasteiger partial charge on any atom is -0.379 e. The maximum Gasteiger partial charge on any atom is 0.277 e. The number of hydrogen-bond donors (Lipinski definition) is 2. The summed E-state index contributed by atoms with van der Waals surface area (Å²) in [6.07, 6.45) is 1.71. The van der Waals surface area contributed by atoms with Crippen LogP contribution in [-0.4, -0.2) is 26.0 Å². The number of nitrogens with zero attached hydrogens (tertiary/aromatic N) is 4. The number of aryl methyl sites for hydroxylation is 1. The van der Waals surface area contributed by atoms with Gasteiger partial charge in [0.2, 0.25) is 11.5 Å². The first-order valence-corrected chi connectivity index (χ1v) is 5.38. The molecule has 0 bridgehead atoms. The van der Waals surface area contributed by atoms with Crippen LogP contribution in [-0.2, 0) is 7.05 Å². The van der Waals surface area contributed by atoms with Gasteiger partial charge in [0.05, 0.1) is 12.2 Å². The minimum absolute atomic E-state index is 0.0107. The van der Waals surface area contributed by atoms with Gasteiger partial charge < -0.3 is 11.1 Å². The van der Waals surface area contributed by atoms with Gasteiger partial charge in [0.15, 0.2) is 0 Å². The largest absolute Gasteiger partial charge is 0.379 e. The van der Waals surface area contributed by atoms with Gasteiger partial charge >= 0.3 is 0 Å². The topological polar surface area (TPSA) is 112 Å². The third-order valence-corrected chi connectivity index (χ3v) is 2.82. The maximum atomic E-state index is 11.8. The molecule has 2 rings (SSSR count). The molecule has 0 aliphatic carbocycles. The highest BCUT2D eigenvalue weighted by atomic mass is 16.6. The number of nitrogens with two attached hydrogens (primary N) is 1. The molecule has 0 saturated carbocycles.